The van der Waals surface area contributed by atoms with Crippen LogP contribution < -0.4 is 10.2 Å². The van der Waals surface area contributed by atoms with Crippen molar-refractivity contribution in [2.75, 3.05) is 18.0 Å². The first kappa shape index (κ1) is 15.3. The van der Waals surface area contributed by atoms with Crippen molar-refractivity contribution in [3.63, 3.8) is 0 Å². The van der Waals surface area contributed by atoms with Gasteiger partial charge in [-0.15, -0.1) is 0 Å². The van der Waals surface area contributed by atoms with Gasteiger partial charge in [0.2, 0.25) is 0 Å². The Labute approximate surface area is 122 Å². The van der Waals surface area contributed by atoms with Crippen LogP contribution in [0.5, 0.6) is 0 Å². The van der Waals surface area contributed by atoms with E-state index in [0.717, 1.165) is 30.3 Å². The van der Waals surface area contributed by atoms with E-state index in [4.69, 9.17) is 0 Å². The molecule has 1 heterocycles. The second kappa shape index (κ2) is 7.07. The Balaban J connectivity index is 2.13. The summed E-state index contributed by atoms with van der Waals surface area (Å²) >= 11 is 0. The Morgan fingerprint density at radius 3 is 2.90 bits per heavy atom. The van der Waals surface area contributed by atoms with Crippen LogP contribution in [0.15, 0.2) is 18.2 Å². The molecule has 0 aliphatic carbocycles. The number of halogens is 1. The fraction of sp³-hybridized carbons (Fsp3) is 0.647. The maximum absolute atomic E-state index is 14.1. The smallest absolute Gasteiger partial charge is 0.129 e. The lowest BCUT2D eigenvalue weighted by molar-refractivity contribution is 0.528. The molecular weight excluding hydrogens is 251 g/mol. The number of nitrogens with zero attached hydrogens (tertiary/aromatic N) is 1. The van der Waals surface area contributed by atoms with Crippen LogP contribution in [0.1, 0.15) is 45.6 Å². The number of rotatable bonds is 6. The van der Waals surface area contributed by atoms with E-state index in [1.807, 2.05) is 6.07 Å². The van der Waals surface area contributed by atoms with E-state index in [1.165, 1.54) is 19.3 Å². The maximum Gasteiger partial charge on any atom is 0.129 e. The predicted molar refractivity (Wildman–Crippen MR) is 83.6 cm³/mol. The average molecular weight is 278 g/mol. The first-order valence-electron chi connectivity index (χ1n) is 7.87. The maximum atomic E-state index is 14.1. The SMILES string of the molecule is CCCC1CCN(c2cccc(F)c2CNC(C)C)C1. The molecular formula is C17H27FN2. The van der Waals surface area contributed by atoms with Crippen LogP contribution >= 0.6 is 0 Å². The Hall–Kier alpha value is -1.09. The van der Waals surface area contributed by atoms with Crippen molar-refractivity contribution < 1.29 is 4.39 Å². The molecule has 1 unspecified atom stereocenters. The minimum absolute atomic E-state index is 0.0883. The quantitative estimate of drug-likeness (QED) is 0.847. The third kappa shape index (κ3) is 3.72. The Kier molecular flexibility index (Phi) is 5.41. The van der Waals surface area contributed by atoms with Crippen LogP contribution in [0.3, 0.4) is 0 Å². The van der Waals surface area contributed by atoms with Crippen molar-refractivity contribution in [2.45, 2.75) is 52.6 Å². The first-order chi connectivity index (χ1) is 9.61. The van der Waals surface area contributed by atoms with E-state index < -0.39 is 0 Å². The van der Waals surface area contributed by atoms with E-state index >= 15 is 0 Å². The molecule has 1 aliphatic heterocycles. The van der Waals surface area contributed by atoms with Gasteiger partial charge in [0.05, 0.1) is 0 Å². The van der Waals surface area contributed by atoms with E-state index in [-0.39, 0.29) is 5.82 Å². The fourth-order valence-corrected chi connectivity index (χ4v) is 3.02. The highest BCUT2D eigenvalue weighted by atomic mass is 19.1. The van der Waals surface area contributed by atoms with Crippen molar-refractivity contribution in [1.29, 1.82) is 0 Å². The topological polar surface area (TPSA) is 15.3 Å². The van der Waals surface area contributed by atoms with E-state index in [2.05, 4.69) is 37.1 Å². The number of benzene rings is 1. The molecule has 1 saturated heterocycles. The molecule has 2 rings (SSSR count). The largest absolute Gasteiger partial charge is 0.371 e. The highest BCUT2D eigenvalue weighted by Crippen LogP contribution is 2.30. The highest BCUT2D eigenvalue weighted by molar-refractivity contribution is 5.55. The van der Waals surface area contributed by atoms with Crippen LogP contribution in [0.2, 0.25) is 0 Å². The van der Waals surface area contributed by atoms with Crippen LogP contribution in [-0.2, 0) is 6.54 Å². The molecule has 1 aromatic carbocycles. The highest BCUT2D eigenvalue weighted by Gasteiger charge is 2.24. The van der Waals surface area contributed by atoms with Gasteiger partial charge >= 0.3 is 0 Å². The van der Waals surface area contributed by atoms with Crippen LogP contribution in [0.4, 0.5) is 10.1 Å². The van der Waals surface area contributed by atoms with Gasteiger partial charge in [-0.25, -0.2) is 4.39 Å². The molecule has 1 aliphatic rings. The van der Waals surface area contributed by atoms with Gasteiger partial charge in [0.15, 0.2) is 0 Å². The number of anilines is 1. The second-order valence-corrected chi connectivity index (χ2v) is 6.16. The molecule has 112 valence electrons. The Morgan fingerprint density at radius 1 is 1.40 bits per heavy atom. The van der Waals surface area contributed by atoms with Gasteiger partial charge in [0, 0.05) is 36.9 Å². The summed E-state index contributed by atoms with van der Waals surface area (Å²) in [6, 6.07) is 5.83. The molecule has 0 aromatic heterocycles. The van der Waals surface area contributed by atoms with Gasteiger partial charge in [-0.2, -0.15) is 0 Å². The minimum atomic E-state index is -0.0883. The van der Waals surface area contributed by atoms with E-state index in [9.17, 15) is 4.39 Å². The third-order valence-electron chi connectivity index (χ3n) is 4.10. The molecule has 1 aromatic rings. The van der Waals surface area contributed by atoms with Crippen molar-refractivity contribution in [3.05, 3.63) is 29.6 Å². The van der Waals surface area contributed by atoms with Gasteiger partial charge in [-0.05, 0) is 30.9 Å². The molecule has 3 heteroatoms. The fourth-order valence-electron chi connectivity index (χ4n) is 3.02. The molecule has 0 spiro atoms. The number of hydrogen-bond donors (Lipinski definition) is 1. The number of hydrogen-bond acceptors (Lipinski definition) is 2. The summed E-state index contributed by atoms with van der Waals surface area (Å²) in [5.74, 6) is 0.684. The van der Waals surface area contributed by atoms with E-state index in [1.54, 1.807) is 6.07 Å². The summed E-state index contributed by atoms with van der Waals surface area (Å²) < 4.78 is 14.1. The van der Waals surface area contributed by atoms with Crippen LogP contribution in [-0.4, -0.2) is 19.1 Å². The second-order valence-electron chi connectivity index (χ2n) is 6.16. The molecule has 2 nitrogen and oxygen atoms in total. The number of nitrogens with one attached hydrogen (secondary N) is 1. The lowest BCUT2D eigenvalue weighted by Crippen LogP contribution is -2.26. The molecule has 0 radical (unpaired) electrons. The van der Waals surface area contributed by atoms with E-state index in [0.29, 0.717) is 12.6 Å². The van der Waals surface area contributed by atoms with Gasteiger partial charge in [-0.3, -0.25) is 0 Å². The molecule has 0 amide bonds. The Morgan fingerprint density at radius 2 is 2.20 bits per heavy atom. The monoisotopic (exact) mass is 278 g/mol. The van der Waals surface area contributed by atoms with Crippen molar-refractivity contribution in [3.8, 4) is 0 Å². The standard InChI is InChI=1S/C17H27FN2/c1-4-6-14-9-10-20(12-14)17-8-5-7-16(18)15(17)11-19-13(2)3/h5,7-8,13-14,19H,4,6,9-12H2,1-3H3. The summed E-state index contributed by atoms with van der Waals surface area (Å²) in [6.07, 6.45) is 3.76. The predicted octanol–water partition coefficient (Wildman–Crippen LogP) is 3.95. The third-order valence-corrected chi connectivity index (χ3v) is 4.10. The summed E-state index contributed by atoms with van der Waals surface area (Å²) in [7, 11) is 0. The molecule has 1 atom stereocenters. The van der Waals surface area contributed by atoms with Crippen molar-refractivity contribution >= 4 is 5.69 Å². The van der Waals surface area contributed by atoms with Gasteiger partial charge in [-0.1, -0.05) is 33.3 Å². The summed E-state index contributed by atoms with van der Waals surface area (Å²) in [5.41, 5.74) is 1.90. The molecule has 1 N–H and O–H groups in total. The normalized spacial score (nSPS) is 19.1. The molecule has 0 bridgehead atoms. The molecule has 0 saturated carbocycles. The zero-order chi connectivity index (χ0) is 14.5. The lowest BCUT2D eigenvalue weighted by atomic mass is 10.0. The lowest BCUT2D eigenvalue weighted by Gasteiger charge is -2.23. The summed E-state index contributed by atoms with van der Waals surface area (Å²) in [4.78, 5) is 2.36. The van der Waals surface area contributed by atoms with Crippen molar-refractivity contribution in [1.82, 2.24) is 5.32 Å². The Bertz CT molecular complexity index is 431. The minimum Gasteiger partial charge on any atom is -0.371 e. The van der Waals surface area contributed by atoms with Gasteiger partial charge < -0.3 is 10.2 Å². The summed E-state index contributed by atoms with van der Waals surface area (Å²) in [6.45, 7) is 9.16. The first-order valence-corrected chi connectivity index (χ1v) is 7.87. The summed E-state index contributed by atoms with van der Waals surface area (Å²) in [5, 5.41) is 3.34. The van der Waals surface area contributed by atoms with Crippen LogP contribution in [0, 0.1) is 11.7 Å². The van der Waals surface area contributed by atoms with Crippen LogP contribution in [0.25, 0.3) is 0 Å². The zero-order valence-corrected chi connectivity index (χ0v) is 13.0. The molecule has 20 heavy (non-hydrogen) atoms. The zero-order valence-electron chi connectivity index (χ0n) is 13.0. The van der Waals surface area contributed by atoms with Crippen molar-refractivity contribution in [2.24, 2.45) is 5.92 Å². The van der Waals surface area contributed by atoms with Gasteiger partial charge in [0.25, 0.3) is 0 Å². The average Bonchev–Trinajstić information content (AvgIpc) is 2.86. The molecule has 1 fully saturated rings. The van der Waals surface area contributed by atoms with Gasteiger partial charge in [0.1, 0.15) is 5.82 Å².